The number of aryl methyl sites for hydroxylation is 2. The molecule has 0 atom stereocenters. The molecule has 0 spiro atoms. The van der Waals surface area contributed by atoms with Crippen LogP contribution in [0.25, 0.3) is 11.0 Å². The quantitative estimate of drug-likeness (QED) is 0.620. The summed E-state index contributed by atoms with van der Waals surface area (Å²) >= 11 is 0. The average molecular weight is 381 g/mol. The van der Waals surface area contributed by atoms with E-state index in [1.165, 1.54) is 0 Å². The molecule has 0 radical (unpaired) electrons. The monoisotopic (exact) mass is 381 g/mol. The first-order valence-electron chi connectivity index (χ1n) is 9.75. The second kappa shape index (κ2) is 9.37. The molecule has 2 aromatic carbocycles. The molecule has 0 unspecified atom stereocenters. The molecule has 1 amide bonds. The smallest absolute Gasteiger partial charge is 0.329 e. The van der Waals surface area contributed by atoms with Gasteiger partial charge < -0.3 is 10.1 Å². The topological polar surface area (TPSA) is 65.3 Å². The molecule has 0 bridgehead atoms. The number of amides is 1. The van der Waals surface area contributed by atoms with Gasteiger partial charge in [0.25, 0.3) is 0 Å². The van der Waals surface area contributed by atoms with Gasteiger partial charge in [0.05, 0.1) is 17.6 Å². The van der Waals surface area contributed by atoms with Crippen molar-refractivity contribution in [1.29, 1.82) is 0 Å². The Morgan fingerprint density at radius 1 is 0.964 bits per heavy atom. The van der Waals surface area contributed by atoms with Crippen LogP contribution >= 0.6 is 0 Å². The van der Waals surface area contributed by atoms with Crippen LogP contribution in [0.4, 0.5) is 0 Å². The maximum Gasteiger partial charge on any atom is 0.329 e. The van der Waals surface area contributed by atoms with E-state index >= 15 is 0 Å². The molecule has 0 saturated carbocycles. The van der Waals surface area contributed by atoms with E-state index in [1.54, 1.807) is 9.13 Å². The van der Waals surface area contributed by atoms with Crippen LogP contribution in [0.15, 0.2) is 53.3 Å². The summed E-state index contributed by atoms with van der Waals surface area (Å²) < 4.78 is 8.90. The van der Waals surface area contributed by atoms with Crippen molar-refractivity contribution in [3.63, 3.8) is 0 Å². The largest absolute Gasteiger partial charge is 0.377 e. The summed E-state index contributed by atoms with van der Waals surface area (Å²) in [6, 6.07) is 15.6. The predicted octanol–water partition coefficient (Wildman–Crippen LogP) is 3.07. The molecule has 0 aliphatic rings. The molecule has 6 heteroatoms. The molecule has 1 heterocycles. The number of fused-ring (bicyclic) bond motifs is 1. The third kappa shape index (κ3) is 4.34. The number of rotatable bonds is 9. The van der Waals surface area contributed by atoms with Crippen molar-refractivity contribution in [2.24, 2.45) is 0 Å². The minimum absolute atomic E-state index is 0.0708. The Balaban J connectivity index is 1.64. The number of imidazole rings is 1. The van der Waals surface area contributed by atoms with Crippen molar-refractivity contribution in [3.8, 4) is 0 Å². The Bertz CT molecular complexity index is 1000. The van der Waals surface area contributed by atoms with E-state index in [-0.39, 0.29) is 18.0 Å². The Morgan fingerprint density at radius 3 is 2.29 bits per heavy atom. The SMILES string of the molecule is CCOCc1ccccc1CNC(=O)CCn1c(=O)n(CC)c2ccccc21. The zero-order valence-electron chi connectivity index (χ0n) is 16.5. The van der Waals surface area contributed by atoms with Gasteiger partial charge in [-0.2, -0.15) is 0 Å². The number of ether oxygens (including phenoxy) is 1. The maximum absolute atomic E-state index is 12.6. The van der Waals surface area contributed by atoms with Crippen molar-refractivity contribution in [2.75, 3.05) is 6.61 Å². The van der Waals surface area contributed by atoms with E-state index in [0.717, 1.165) is 22.2 Å². The average Bonchev–Trinajstić information content (AvgIpc) is 3.00. The Labute approximate surface area is 164 Å². The van der Waals surface area contributed by atoms with Gasteiger partial charge in [-0.3, -0.25) is 13.9 Å². The van der Waals surface area contributed by atoms with Gasteiger partial charge in [0, 0.05) is 32.7 Å². The predicted molar refractivity (Wildman–Crippen MR) is 110 cm³/mol. The van der Waals surface area contributed by atoms with E-state index in [9.17, 15) is 9.59 Å². The third-order valence-corrected chi connectivity index (χ3v) is 4.86. The highest BCUT2D eigenvalue weighted by molar-refractivity contribution is 5.78. The third-order valence-electron chi connectivity index (χ3n) is 4.86. The summed E-state index contributed by atoms with van der Waals surface area (Å²) in [6.07, 6.45) is 0.255. The fourth-order valence-corrected chi connectivity index (χ4v) is 3.37. The molecule has 1 aromatic heterocycles. The van der Waals surface area contributed by atoms with Crippen LogP contribution in [-0.4, -0.2) is 21.6 Å². The van der Waals surface area contributed by atoms with E-state index < -0.39 is 0 Å². The van der Waals surface area contributed by atoms with Gasteiger partial charge in [-0.15, -0.1) is 0 Å². The molecule has 28 heavy (non-hydrogen) atoms. The Morgan fingerprint density at radius 2 is 1.61 bits per heavy atom. The van der Waals surface area contributed by atoms with E-state index in [1.807, 2.05) is 62.4 Å². The van der Waals surface area contributed by atoms with Crippen LogP contribution in [-0.2, 0) is 35.8 Å². The normalized spacial score (nSPS) is 11.1. The first-order valence-corrected chi connectivity index (χ1v) is 9.75. The standard InChI is InChI=1S/C22H27N3O3/c1-3-24-19-11-7-8-12-20(19)25(22(24)27)14-13-21(26)23-15-17-9-5-6-10-18(17)16-28-4-2/h5-12H,3-4,13-16H2,1-2H3,(H,23,26). The highest BCUT2D eigenvalue weighted by Crippen LogP contribution is 2.13. The molecular formula is C22H27N3O3. The van der Waals surface area contributed by atoms with Crippen LogP contribution in [0.2, 0.25) is 0 Å². The van der Waals surface area contributed by atoms with Gasteiger partial charge in [-0.25, -0.2) is 4.79 Å². The maximum atomic E-state index is 12.6. The molecule has 3 aromatic rings. The number of aromatic nitrogens is 2. The van der Waals surface area contributed by atoms with Crippen LogP contribution in [0, 0.1) is 0 Å². The molecular weight excluding hydrogens is 354 g/mol. The van der Waals surface area contributed by atoms with E-state index in [4.69, 9.17) is 4.74 Å². The number of carbonyl (C=O) groups is 1. The lowest BCUT2D eigenvalue weighted by Crippen LogP contribution is -2.28. The summed E-state index contributed by atoms with van der Waals surface area (Å²) in [5.74, 6) is -0.0774. The van der Waals surface area contributed by atoms with Crippen molar-refractivity contribution in [2.45, 2.75) is 46.5 Å². The number of para-hydroxylation sites is 2. The summed E-state index contributed by atoms with van der Waals surface area (Å²) in [5.41, 5.74) is 3.82. The second-order valence-electron chi connectivity index (χ2n) is 6.60. The number of carbonyl (C=O) groups excluding carboxylic acids is 1. The van der Waals surface area contributed by atoms with E-state index in [0.29, 0.717) is 32.8 Å². The summed E-state index contributed by atoms with van der Waals surface area (Å²) in [4.78, 5) is 25.0. The lowest BCUT2D eigenvalue weighted by molar-refractivity contribution is -0.121. The zero-order chi connectivity index (χ0) is 19.9. The molecule has 148 valence electrons. The number of hydrogen-bond donors (Lipinski definition) is 1. The van der Waals surface area contributed by atoms with Crippen LogP contribution in [0.3, 0.4) is 0 Å². The summed E-state index contributed by atoms with van der Waals surface area (Å²) in [6.45, 7) is 6.52. The summed E-state index contributed by atoms with van der Waals surface area (Å²) in [7, 11) is 0. The Hall–Kier alpha value is -2.86. The molecule has 6 nitrogen and oxygen atoms in total. The number of nitrogens with one attached hydrogen (secondary N) is 1. The van der Waals surface area contributed by atoms with Crippen LogP contribution < -0.4 is 11.0 Å². The molecule has 0 saturated heterocycles. The highest BCUT2D eigenvalue weighted by atomic mass is 16.5. The molecule has 1 N–H and O–H groups in total. The lowest BCUT2D eigenvalue weighted by Gasteiger charge is -2.11. The zero-order valence-corrected chi connectivity index (χ0v) is 16.5. The van der Waals surface area contributed by atoms with Crippen LogP contribution in [0.1, 0.15) is 31.4 Å². The molecule has 0 aliphatic carbocycles. The number of nitrogens with zero attached hydrogens (tertiary/aromatic N) is 2. The van der Waals surface area contributed by atoms with Gasteiger partial charge in [-0.1, -0.05) is 36.4 Å². The minimum atomic E-state index is -0.0774. The fraction of sp³-hybridized carbons (Fsp3) is 0.364. The van der Waals surface area contributed by atoms with Crippen molar-refractivity contribution < 1.29 is 9.53 Å². The van der Waals surface area contributed by atoms with Gasteiger partial charge in [-0.05, 0) is 37.1 Å². The first kappa shape index (κ1) is 19.9. The Kier molecular flexibility index (Phi) is 6.66. The fourth-order valence-electron chi connectivity index (χ4n) is 3.37. The first-order chi connectivity index (χ1) is 13.7. The van der Waals surface area contributed by atoms with Gasteiger partial charge in [0.15, 0.2) is 0 Å². The summed E-state index contributed by atoms with van der Waals surface area (Å²) in [5, 5.41) is 2.96. The van der Waals surface area contributed by atoms with Gasteiger partial charge in [0.1, 0.15) is 0 Å². The van der Waals surface area contributed by atoms with Gasteiger partial charge >= 0.3 is 5.69 Å². The molecule has 0 fully saturated rings. The van der Waals surface area contributed by atoms with Crippen LogP contribution in [0.5, 0.6) is 0 Å². The molecule has 0 aliphatic heterocycles. The van der Waals surface area contributed by atoms with E-state index in [2.05, 4.69) is 5.32 Å². The minimum Gasteiger partial charge on any atom is -0.377 e. The molecule has 3 rings (SSSR count). The van der Waals surface area contributed by atoms with Crippen molar-refractivity contribution >= 4 is 16.9 Å². The second-order valence-corrected chi connectivity index (χ2v) is 6.60. The lowest BCUT2D eigenvalue weighted by atomic mass is 10.1. The number of hydrogen-bond acceptors (Lipinski definition) is 3. The van der Waals surface area contributed by atoms with Crippen molar-refractivity contribution in [3.05, 3.63) is 70.1 Å². The number of benzene rings is 2. The van der Waals surface area contributed by atoms with Gasteiger partial charge in [0.2, 0.25) is 5.91 Å². The van der Waals surface area contributed by atoms with Crippen molar-refractivity contribution in [1.82, 2.24) is 14.5 Å². The highest BCUT2D eigenvalue weighted by Gasteiger charge is 2.13.